The molecule has 1 unspecified atom stereocenters. The minimum absolute atomic E-state index is 0.131. The highest BCUT2D eigenvalue weighted by Crippen LogP contribution is 2.31. The number of carbonyl (C=O) groups is 1. The van der Waals surface area contributed by atoms with Crippen LogP contribution in [0.3, 0.4) is 0 Å². The van der Waals surface area contributed by atoms with Gasteiger partial charge >= 0.3 is 6.18 Å². The SMILES string of the molecule is CSc1nc2nc(C)cc(OCC3CN(C(=O)Cc4ccc(C(F)(F)F)c(F)c4)CCO3)n2n1. The number of hydrogen-bond acceptors (Lipinski definition) is 7. The van der Waals surface area contributed by atoms with E-state index in [9.17, 15) is 22.4 Å². The van der Waals surface area contributed by atoms with E-state index in [1.54, 1.807) is 6.07 Å². The normalized spacial score (nSPS) is 16.8. The number of carbonyl (C=O) groups excluding carboxylic acids is 1. The maximum atomic E-state index is 13.8. The highest BCUT2D eigenvalue weighted by atomic mass is 32.2. The van der Waals surface area contributed by atoms with E-state index in [2.05, 4.69) is 15.1 Å². The van der Waals surface area contributed by atoms with Gasteiger partial charge < -0.3 is 14.4 Å². The van der Waals surface area contributed by atoms with Crippen LogP contribution in [0.5, 0.6) is 5.88 Å². The van der Waals surface area contributed by atoms with Gasteiger partial charge in [-0.2, -0.15) is 22.7 Å². The Morgan fingerprint density at radius 2 is 2.09 bits per heavy atom. The predicted molar refractivity (Wildman–Crippen MR) is 114 cm³/mol. The number of halogens is 4. The third-order valence-electron chi connectivity index (χ3n) is 5.17. The summed E-state index contributed by atoms with van der Waals surface area (Å²) >= 11 is 1.38. The van der Waals surface area contributed by atoms with Crippen molar-refractivity contribution >= 4 is 23.4 Å². The van der Waals surface area contributed by atoms with Crippen LogP contribution in [0.4, 0.5) is 17.6 Å². The van der Waals surface area contributed by atoms with E-state index in [4.69, 9.17) is 9.47 Å². The van der Waals surface area contributed by atoms with Gasteiger partial charge in [-0.25, -0.2) is 9.37 Å². The number of amides is 1. The van der Waals surface area contributed by atoms with Crippen LogP contribution < -0.4 is 4.74 Å². The van der Waals surface area contributed by atoms with Gasteiger partial charge in [-0.05, 0) is 30.9 Å². The molecule has 1 atom stereocenters. The number of morpholine rings is 1. The lowest BCUT2D eigenvalue weighted by Gasteiger charge is -2.33. The molecule has 4 rings (SSSR count). The van der Waals surface area contributed by atoms with E-state index in [1.807, 2.05) is 13.2 Å². The van der Waals surface area contributed by atoms with Crippen LogP contribution in [0.25, 0.3) is 5.78 Å². The second kappa shape index (κ2) is 9.74. The van der Waals surface area contributed by atoms with E-state index < -0.39 is 23.7 Å². The topological polar surface area (TPSA) is 81.9 Å². The molecule has 0 radical (unpaired) electrons. The first-order valence-corrected chi connectivity index (χ1v) is 11.5. The fourth-order valence-corrected chi connectivity index (χ4v) is 3.87. The molecule has 3 aromatic rings. The Bertz CT molecular complexity index is 1200. The lowest BCUT2D eigenvalue weighted by Crippen LogP contribution is -2.48. The van der Waals surface area contributed by atoms with Crippen LogP contribution in [0.1, 0.15) is 16.8 Å². The lowest BCUT2D eigenvalue weighted by atomic mass is 10.1. The molecule has 1 aromatic carbocycles. The molecule has 3 heterocycles. The first-order chi connectivity index (χ1) is 16.1. The summed E-state index contributed by atoms with van der Waals surface area (Å²) in [5, 5.41) is 4.88. The summed E-state index contributed by atoms with van der Waals surface area (Å²) in [5.74, 6) is -0.898. The lowest BCUT2D eigenvalue weighted by molar-refractivity contribution is -0.140. The van der Waals surface area contributed by atoms with Crippen LogP contribution in [0.15, 0.2) is 29.4 Å². The second-order valence-corrected chi connectivity index (χ2v) is 8.45. The van der Waals surface area contributed by atoms with Crippen molar-refractivity contribution in [3.8, 4) is 5.88 Å². The van der Waals surface area contributed by atoms with E-state index >= 15 is 0 Å². The van der Waals surface area contributed by atoms with Crippen LogP contribution in [-0.4, -0.2) is 69.1 Å². The van der Waals surface area contributed by atoms with Crippen molar-refractivity contribution in [2.45, 2.75) is 30.8 Å². The fraction of sp³-hybridized carbons (Fsp3) is 0.429. The molecule has 1 aliphatic heterocycles. The Balaban J connectivity index is 1.38. The summed E-state index contributed by atoms with van der Waals surface area (Å²) in [4.78, 5) is 22.8. The van der Waals surface area contributed by atoms with Crippen LogP contribution in [0.2, 0.25) is 0 Å². The smallest absolute Gasteiger partial charge is 0.419 e. The Kier molecular flexibility index (Phi) is 6.94. The standard InChI is InChI=1S/C21H21F4N5O3S/c1-12-7-18(30-19(26-12)27-20(28-30)34-2)33-11-14-10-29(5-6-32-14)17(31)9-13-3-4-15(16(22)8-13)21(23,24)25/h3-4,7-8,14H,5-6,9-11H2,1-2H3. The van der Waals surface area contributed by atoms with Gasteiger partial charge in [-0.3, -0.25) is 4.79 Å². The highest BCUT2D eigenvalue weighted by molar-refractivity contribution is 7.98. The molecule has 0 spiro atoms. The zero-order chi connectivity index (χ0) is 24.5. The van der Waals surface area contributed by atoms with Gasteiger partial charge in [-0.1, -0.05) is 17.8 Å². The molecule has 0 aliphatic carbocycles. The van der Waals surface area contributed by atoms with Crippen LogP contribution >= 0.6 is 11.8 Å². The summed E-state index contributed by atoms with van der Waals surface area (Å²) in [6.45, 7) is 2.75. The quantitative estimate of drug-likeness (QED) is 0.381. The largest absolute Gasteiger partial charge is 0.475 e. The molecule has 2 aromatic heterocycles. The number of ether oxygens (including phenoxy) is 2. The number of thioether (sulfide) groups is 1. The van der Waals surface area contributed by atoms with E-state index in [0.717, 1.165) is 12.1 Å². The third-order valence-corrected chi connectivity index (χ3v) is 5.71. The Labute approximate surface area is 196 Å². The third kappa shape index (κ3) is 5.41. The number of alkyl halides is 3. The molecule has 1 amide bonds. The number of benzene rings is 1. The Hall–Kier alpha value is -2.93. The van der Waals surface area contributed by atoms with Gasteiger partial charge in [0.25, 0.3) is 5.78 Å². The number of fused-ring (bicyclic) bond motifs is 1. The first kappa shape index (κ1) is 24.2. The molecule has 34 heavy (non-hydrogen) atoms. The molecule has 1 saturated heterocycles. The molecule has 13 heteroatoms. The summed E-state index contributed by atoms with van der Waals surface area (Å²) in [7, 11) is 0. The molecule has 8 nitrogen and oxygen atoms in total. The number of rotatable bonds is 6. The van der Waals surface area contributed by atoms with E-state index in [0.29, 0.717) is 35.1 Å². The van der Waals surface area contributed by atoms with Gasteiger partial charge in [0.2, 0.25) is 16.9 Å². The molecule has 182 valence electrons. The molecular weight excluding hydrogens is 478 g/mol. The van der Waals surface area contributed by atoms with Crippen molar-refractivity contribution in [2.24, 2.45) is 0 Å². The van der Waals surface area contributed by atoms with E-state index in [1.165, 1.54) is 21.2 Å². The molecule has 1 aliphatic rings. The summed E-state index contributed by atoms with van der Waals surface area (Å²) in [5.41, 5.74) is -0.488. The minimum Gasteiger partial charge on any atom is -0.475 e. The van der Waals surface area contributed by atoms with Crippen molar-refractivity contribution in [3.05, 3.63) is 46.9 Å². The predicted octanol–water partition coefficient (Wildman–Crippen LogP) is 3.16. The maximum absolute atomic E-state index is 13.8. The van der Waals surface area contributed by atoms with Gasteiger partial charge in [0, 0.05) is 18.3 Å². The highest BCUT2D eigenvalue weighted by Gasteiger charge is 2.34. The van der Waals surface area contributed by atoms with Crippen molar-refractivity contribution in [1.82, 2.24) is 24.5 Å². The molecule has 0 N–H and O–H groups in total. The average molecular weight is 499 g/mol. The van der Waals surface area contributed by atoms with Crippen molar-refractivity contribution in [3.63, 3.8) is 0 Å². The first-order valence-electron chi connectivity index (χ1n) is 10.3. The van der Waals surface area contributed by atoms with Gasteiger partial charge in [0.15, 0.2) is 0 Å². The van der Waals surface area contributed by atoms with Gasteiger partial charge in [0.05, 0.1) is 25.1 Å². The number of nitrogens with zero attached hydrogens (tertiary/aromatic N) is 5. The summed E-state index contributed by atoms with van der Waals surface area (Å²) in [6.07, 6.45) is -3.59. The summed E-state index contributed by atoms with van der Waals surface area (Å²) in [6, 6.07) is 4.23. The number of aryl methyl sites for hydroxylation is 1. The zero-order valence-corrected chi connectivity index (χ0v) is 19.1. The minimum atomic E-state index is -4.79. The van der Waals surface area contributed by atoms with Crippen LogP contribution in [-0.2, 0) is 22.1 Å². The fourth-order valence-electron chi connectivity index (χ4n) is 3.53. The number of aromatic nitrogens is 4. The van der Waals surface area contributed by atoms with Gasteiger partial charge in [-0.15, -0.1) is 5.10 Å². The van der Waals surface area contributed by atoms with Gasteiger partial charge in [0.1, 0.15) is 18.5 Å². The maximum Gasteiger partial charge on any atom is 0.419 e. The van der Waals surface area contributed by atoms with Crippen molar-refractivity contribution < 1.29 is 31.8 Å². The van der Waals surface area contributed by atoms with Crippen molar-refractivity contribution in [2.75, 3.05) is 32.6 Å². The Morgan fingerprint density at radius 3 is 2.79 bits per heavy atom. The molecule has 0 bridgehead atoms. The average Bonchev–Trinajstić information content (AvgIpc) is 3.20. The number of hydrogen-bond donors (Lipinski definition) is 0. The molecule has 0 saturated carbocycles. The molecule has 1 fully saturated rings. The zero-order valence-electron chi connectivity index (χ0n) is 18.3. The monoisotopic (exact) mass is 499 g/mol. The van der Waals surface area contributed by atoms with Crippen LogP contribution in [0, 0.1) is 12.7 Å². The Morgan fingerprint density at radius 1 is 1.29 bits per heavy atom. The van der Waals surface area contributed by atoms with Crippen molar-refractivity contribution in [1.29, 1.82) is 0 Å². The summed E-state index contributed by atoms with van der Waals surface area (Å²) < 4.78 is 65.2. The van der Waals surface area contributed by atoms with E-state index in [-0.39, 0.29) is 37.6 Å². The second-order valence-electron chi connectivity index (χ2n) is 7.68. The molecular formula is C21H21F4N5O3S.